The second kappa shape index (κ2) is 4.40. The van der Waals surface area contributed by atoms with Gasteiger partial charge in [0.1, 0.15) is 0 Å². The molecule has 1 aromatic carbocycles. The van der Waals surface area contributed by atoms with Crippen molar-refractivity contribution in [3.63, 3.8) is 0 Å². The van der Waals surface area contributed by atoms with E-state index in [-0.39, 0.29) is 11.6 Å². The molecule has 1 aliphatic carbocycles. The van der Waals surface area contributed by atoms with Gasteiger partial charge in [0, 0.05) is 17.0 Å². The van der Waals surface area contributed by atoms with Crippen molar-refractivity contribution in [2.45, 2.75) is 30.5 Å². The van der Waals surface area contributed by atoms with Gasteiger partial charge in [-0.1, -0.05) is 11.6 Å². The highest BCUT2D eigenvalue weighted by molar-refractivity contribution is 6.30. The van der Waals surface area contributed by atoms with Gasteiger partial charge >= 0.3 is 6.18 Å². The van der Waals surface area contributed by atoms with Gasteiger partial charge in [0.2, 0.25) is 0 Å². The Balaban J connectivity index is 2.43. The van der Waals surface area contributed by atoms with Crippen LogP contribution in [-0.4, -0.2) is 17.8 Å². The quantitative estimate of drug-likeness (QED) is 0.874. The van der Waals surface area contributed by atoms with E-state index in [9.17, 15) is 18.3 Å². The number of nitrogens with two attached hydrogens (primary N) is 1. The summed E-state index contributed by atoms with van der Waals surface area (Å²) in [7, 11) is 0. The third kappa shape index (κ3) is 2.35. The number of alkyl halides is 3. The van der Waals surface area contributed by atoms with Crippen LogP contribution in [0.3, 0.4) is 0 Å². The molecule has 0 saturated heterocycles. The van der Waals surface area contributed by atoms with Gasteiger partial charge in [-0.15, -0.1) is 0 Å². The Labute approximate surface area is 108 Å². The first-order chi connectivity index (χ1) is 8.27. The lowest BCUT2D eigenvalue weighted by Crippen LogP contribution is -2.49. The highest BCUT2D eigenvalue weighted by Crippen LogP contribution is 2.45. The highest BCUT2D eigenvalue weighted by Gasteiger charge is 2.45. The maximum atomic E-state index is 12.7. The van der Waals surface area contributed by atoms with E-state index in [1.165, 1.54) is 6.07 Å². The second-order valence-electron chi connectivity index (χ2n) is 4.77. The topological polar surface area (TPSA) is 46.2 Å². The first-order valence-electron chi connectivity index (χ1n) is 5.53. The third-order valence-corrected chi connectivity index (χ3v) is 3.70. The summed E-state index contributed by atoms with van der Waals surface area (Å²) >= 11 is 5.73. The van der Waals surface area contributed by atoms with E-state index in [2.05, 4.69) is 0 Å². The zero-order chi connectivity index (χ0) is 13.6. The van der Waals surface area contributed by atoms with Crippen molar-refractivity contribution < 1.29 is 18.3 Å². The van der Waals surface area contributed by atoms with E-state index < -0.39 is 23.3 Å². The summed E-state index contributed by atoms with van der Waals surface area (Å²) < 4.78 is 38.1. The molecule has 6 heteroatoms. The predicted octanol–water partition coefficient (Wildman–Crippen LogP) is 2.71. The highest BCUT2D eigenvalue weighted by atomic mass is 35.5. The molecule has 2 rings (SSSR count). The van der Waals surface area contributed by atoms with Crippen molar-refractivity contribution in [2.24, 2.45) is 5.73 Å². The Morgan fingerprint density at radius 3 is 2.39 bits per heavy atom. The van der Waals surface area contributed by atoms with Crippen molar-refractivity contribution in [1.29, 1.82) is 0 Å². The van der Waals surface area contributed by atoms with E-state index >= 15 is 0 Å². The lowest BCUT2D eigenvalue weighted by atomic mass is 9.62. The van der Waals surface area contributed by atoms with Crippen molar-refractivity contribution in [3.8, 4) is 0 Å². The van der Waals surface area contributed by atoms with Gasteiger partial charge in [0.05, 0.1) is 11.7 Å². The molecule has 1 saturated carbocycles. The first kappa shape index (κ1) is 13.6. The maximum Gasteiger partial charge on any atom is 0.416 e. The van der Waals surface area contributed by atoms with E-state index in [1.54, 1.807) is 0 Å². The number of hydrogen-bond donors (Lipinski definition) is 2. The molecule has 100 valence electrons. The first-order valence-corrected chi connectivity index (χ1v) is 5.91. The van der Waals surface area contributed by atoms with Crippen LogP contribution in [0, 0.1) is 0 Å². The van der Waals surface area contributed by atoms with Gasteiger partial charge in [-0.2, -0.15) is 13.2 Å². The van der Waals surface area contributed by atoms with Crippen LogP contribution in [0.4, 0.5) is 13.2 Å². The number of hydrogen-bond acceptors (Lipinski definition) is 2. The Hall–Kier alpha value is -0.780. The summed E-state index contributed by atoms with van der Waals surface area (Å²) in [6, 6.07) is 3.46. The van der Waals surface area contributed by atoms with Crippen molar-refractivity contribution in [3.05, 3.63) is 34.3 Å². The normalized spacial score (nSPS) is 28.0. The molecule has 18 heavy (non-hydrogen) atoms. The van der Waals surface area contributed by atoms with Gasteiger partial charge < -0.3 is 10.8 Å². The van der Waals surface area contributed by atoms with Crippen LogP contribution < -0.4 is 5.73 Å². The van der Waals surface area contributed by atoms with E-state index in [0.29, 0.717) is 18.4 Å². The number of benzene rings is 1. The molecule has 0 heterocycles. The molecule has 1 fully saturated rings. The third-order valence-electron chi connectivity index (χ3n) is 3.48. The fourth-order valence-electron chi connectivity index (χ4n) is 2.42. The molecule has 0 aliphatic heterocycles. The monoisotopic (exact) mass is 279 g/mol. The number of halogens is 4. The zero-order valence-corrected chi connectivity index (χ0v) is 10.2. The molecular formula is C12H13ClF3NO. The van der Waals surface area contributed by atoms with Gasteiger partial charge in [0.25, 0.3) is 0 Å². The fourth-order valence-corrected chi connectivity index (χ4v) is 2.66. The Bertz CT molecular complexity index is 455. The average Bonchev–Trinajstić information content (AvgIpc) is 2.22. The number of rotatable bonds is 2. The molecule has 0 amide bonds. The standard InChI is InChI=1S/C12H13ClF3NO/c13-9-2-7(1-8(3-9)12(14,15)16)11(6-17)4-10(18)5-11/h1-3,10,18H,4-6,17H2. The summed E-state index contributed by atoms with van der Waals surface area (Å²) in [5, 5.41) is 9.40. The molecule has 3 N–H and O–H groups in total. The van der Waals surface area contributed by atoms with Gasteiger partial charge in [0.15, 0.2) is 0 Å². The molecule has 2 nitrogen and oxygen atoms in total. The van der Waals surface area contributed by atoms with Crippen LogP contribution in [0.2, 0.25) is 5.02 Å². The average molecular weight is 280 g/mol. The molecule has 0 spiro atoms. The molecule has 1 aromatic rings. The van der Waals surface area contributed by atoms with Gasteiger partial charge in [-0.25, -0.2) is 0 Å². The summed E-state index contributed by atoms with van der Waals surface area (Å²) in [4.78, 5) is 0. The van der Waals surface area contributed by atoms with Crippen LogP contribution in [0.25, 0.3) is 0 Å². The van der Waals surface area contributed by atoms with Crippen molar-refractivity contribution >= 4 is 11.6 Å². The maximum absolute atomic E-state index is 12.7. The molecule has 1 aliphatic rings. The van der Waals surface area contributed by atoms with E-state index in [4.69, 9.17) is 17.3 Å². The van der Waals surface area contributed by atoms with Crippen molar-refractivity contribution in [2.75, 3.05) is 6.54 Å². The van der Waals surface area contributed by atoms with Crippen molar-refractivity contribution in [1.82, 2.24) is 0 Å². The van der Waals surface area contributed by atoms with Crippen LogP contribution in [-0.2, 0) is 11.6 Å². The van der Waals surface area contributed by atoms with Gasteiger partial charge in [-0.3, -0.25) is 0 Å². The Morgan fingerprint density at radius 2 is 1.94 bits per heavy atom. The lowest BCUT2D eigenvalue weighted by molar-refractivity contribution is -0.137. The smallest absolute Gasteiger partial charge is 0.393 e. The molecule has 0 radical (unpaired) electrons. The predicted molar refractivity (Wildman–Crippen MR) is 62.4 cm³/mol. The SMILES string of the molecule is NCC1(c2cc(Cl)cc(C(F)(F)F)c2)CC(O)C1. The summed E-state index contributed by atoms with van der Waals surface area (Å²) in [6.07, 6.45) is -4.18. The zero-order valence-electron chi connectivity index (χ0n) is 9.47. The van der Waals surface area contributed by atoms with Crippen LogP contribution in [0.1, 0.15) is 24.0 Å². The fraction of sp³-hybridized carbons (Fsp3) is 0.500. The lowest BCUT2D eigenvalue weighted by Gasteiger charge is -2.45. The molecule has 0 aromatic heterocycles. The Kier molecular flexibility index (Phi) is 3.34. The van der Waals surface area contributed by atoms with E-state index in [1.807, 2.05) is 0 Å². The summed E-state index contributed by atoms with van der Waals surface area (Å²) in [5.41, 5.74) is 4.73. The summed E-state index contributed by atoms with van der Waals surface area (Å²) in [5.74, 6) is 0. The van der Waals surface area contributed by atoms with Crippen LogP contribution in [0.5, 0.6) is 0 Å². The molecule has 0 atom stereocenters. The number of aliphatic hydroxyl groups is 1. The van der Waals surface area contributed by atoms with Crippen LogP contribution >= 0.6 is 11.6 Å². The van der Waals surface area contributed by atoms with E-state index in [0.717, 1.165) is 12.1 Å². The minimum atomic E-state index is -4.43. The minimum Gasteiger partial charge on any atom is -0.393 e. The van der Waals surface area contributed by atoms with Gasteiger partial charge in [-0.05, 0) is 36.6 Å². The molecule has 0 unspecified atom stereocenters. The summed E-state index contributed by atoms with van der Waals surface area (Å²) in [6.45, 7) is 0.196. The number of aliphatic hydroxyl groups excluding tert-OH is 1. The van der Waals surface area contributed by atoms with Crippen LogP contribution in [0.15, 0.2) is 18.2 Å². The largest absolute Gasteiger partial charge is 0.416 e. The second-order valence-corrected chi connectivity index (χ2v) is 5.21. The molecular weight excluding hydrogens is 267 g/mol. The Morgan fingerprint density at radius 1 is 1.33 bits per heavy atom. The minimum absolute atomic E-state index is 0.0361. The molecule has 0 bridgehead atoms.